The lowest BCUT2D eigenvalue weighted by molar-refractivity contribution is 0.0534. The highest BCUT2D eigenvalue weighted by Crippen LogP contribution is 2.43. The van der Waals surface area contributed by atoms with Crippen LogP contribution in [-0.2, 0) is 5.41 Å². The molecule has 0 aromatic heterocycles. The summed E-state index contributed by atoms with van der Waals surface area (Å²) in [5, 5.41) is 25.6. The summed E-state index contributed by atoms with van der Waals surface area (Å²) in [6.07, 6.45) is 6.24. The number of fused-ring (bicyclic) bond motifs is 2. The first-order valence-electron chi connectivity index (χ1n) is 18.8. The van der Waals surface area contributed by atoms with Gasteiger partial charge < -0.3 is 19.7 Å². The van der Waals surface area contributed by atoms with Gasteiger partial charge in [-0.1, -0.05) is 98.8 Å². The molecule has 0 bridgehead atoms. The van der Waals surface area contributed by atoms with E-state index in [2.05, 4.69) is 135 Å². The SMILES string of the molecule is CC(C)(c1ccc(OC2CCCC(O)C2)c(-c2ccc3ccccc3c2)c1)c1ccc(OC2CCCC(O)C2)c(-c2ccc3ccccc3c2)c1. The van der Waals surface area contributed by atoms with Crippen molar-refractivity contribution in [3.8, 4) is 33.8 Å². The maximum atomic E-state index is 10.4. The molecule has 6 aromatic carbocycles. The standard InChI is InChI=1S/C47H48O4/c1-47(2,37-21-23-45(50-41-15-7-13-39(48)29-41)43(27-37)35-19-17-31-9-3-5-11-33(31)25-35)38-22-24-46(51-42-16-8-14-40(49)30-42)44(28-38)36-20-18-32-10-4-6-12-34(32)26-36/h3-6,9-12,17-28,39-42,48-49H,7-8,13-16,29-30H2,1-2H3. The van der Waals surface area contributed by atoms with Gasteiger partial charge in [-0.2, -0.15) is 0 Å². The largest absolute Gasteiger partial charge is 0.490 e. The average molecular weight is 677 g/mol. The van der Waals surface area contributed by atoms with Crippen LogP contribution in [0.1, 0.15) is 76.3 Å². The summed E-state index contributed by atoms with van der Waals surface area (Å²) in [4.78, 5) is 0. The molecule has 2 N–H and O–H groups in total. The van der Waals surface area contributed by atoms with Gasteiger partial charge >= 0.3 is 0 Å². The van der Waals surface area contributed by atoms with Crippen molar-refractivity contribution in [2.24, 2.45) is 0 Å². The minimum absolute atomic E-state index is 0.00542. The normalized spacial score (nSPS) is 21.1. The van der Waals surface area contributed by atoms with Crippen LogP contribution < -0.4 is 9.47 Å². The maximum absolute atomic E-state index is 10.4. The van der Waals surface area contributed by atoms with E-state index in [9.17, 15) is 10.2 Å². The molecule has 6 aromatic rings. The molecule has 0 amide bonds. The van der Waals surface area contributed by atoms with Gasteiger partial charge in [0.25, 0.3) is 0 Å². The minimum Gasteiger partial charge on any atom is -0.490 e. The third kappa shape index (κ3) is 7.13. The molecule has 4 heteroatoms. The molecule has 2 fully saturated rings. The van der Waals surface area contributed by atoms with E-state index < -0.39 is 0 Å². The van der Waals surface area contributed by atoms with Crippen molar-refractivity contribution < 1.29 is 19.7 Å². The van der Waals surface area contributed by atoms with Gasteiger partial charge in [0.2, 0.25) is 0 Å². The Morgan fingerprint density at radius 1 is 0.490 bits per heavy atom. The smallest absolute Gasteiger partial charge is 0.127 e. The Morgan fingerprint density at radius 3 is 1.35 bits per heavy atom. The predicted octanol–water partition coefficient (Wildman–Crippen LogP) is 11.0. The van der Waals surface area contributed by atoms with Gasteiger partial charge in [-0.3, -0.25) is 0 Å². The van der Waals surface area contributed by atoms with Gasteiger partial charge in [-0.25, -0.2) is 0 Å². The number of ether oxygens (including phenoxy) is 2. The molecular formula is C47H48O4. The Hall–Kier alpha value is -4.64. The van der Waals surface area contributed by atoms with Crippen LogP contribution >= 0.6 is 0 Å². The molecule has 0 saturated heterocycles. The quantitative estimate of drug-likeness (QED) is 0.168. The molecule has 4 unspecified atom stereocenters. The summed E-state index contributed by atoms with van der Waals surface area (Å²) in [5.41, 5.74) is 6.40. The van der Waals surface area contributed by atoms with Crippen LogP contribution in [0.4, 0.5) is 0 Å². The maximum Gasteiger partial charge on any atom is 0.127 e. The molecule has 260 valence electrons. The summed E-state index contributed by atoms with van der Waals surface area (Å²) in [5.74, 6) is 1.72. The Balaban J connectivity index is 1.21. The third-order valence-electron chi connectivity index (χ3n) is 11.3. The van der Waals surface area contributed by atoms with E-state index in [4.69, 9.17) is 9.47 Å². The zero-order valence-corrected chi connectivity index (χ0v) is 29.7. The lowest BCUT2D eigenvalue weighted by Crippen LogP contribution is -2.28. The van der Waals surface area contributed by atoms with Crippen LogP contribution in [0, 0.1) is 0 Å². The van der Waals surface area contributed by atoms with Crippen molar-refractivity contribution in [1.29, 1.82) is 0 Å². The Bertz CT molecular complexity index is 2010. The highest BCUT2D eigenvalue weighted by atomic mass is 16.5. The first kappa shape index (κ1) is 33.5. The van der Waals surface area contributed by atoms with Gasteiger partial charge in [-0.15, -0.1) is 0 Å². The van der Waals surface area contributed by atoms with E-state index in [1.807, 2.05) is 0 Å². The molecule has 4 atom stereocenters. The zero-order valence-electron chi connectivity index (χ0n) is 29.7. The van der Waals surface area contributed by atoms with Crippen LogP contribution in [0.15, 0.2) is 121 Å². The zero-order chi connectivity index (χ0) is 35.0. The summed E-state index contributed by atoms with van der Waals surface area (Å²) in [7, 11) is 0. The first-order chi connectivity index (χ1) is 24.8. The summed E-state index contributed by atoms with van der Waals surface area (Å²) >= 11 is 0. The van der Waals surface area contributed by atoms with Gasteiger partial charge in [0, 0.05) is 29.4 Å². The number of rotatable bonds is 8. The molecule has 0 aliphatic heterocycles. The van der Waals surface area contributed by atoms with Crippen molar-refractivity contribution >= 4 is 21.5 Å². The van der Waals surface area contributed by atoms with Crippen LogP contribution in [-0.4, -0.2) is 34.6 Å². The fourth-order valence-corrected chi connectivity index (χ4v) is 8.19. The molecule has 4 nitrogen and oxygen atoms in total. The number of aliphatic hydroxyl groups is 2. The minimum atomic E-state index is -0.351. The van der Waals surface area contributed by atoms with E-state index in [0.29, 0.717) is 12.8 Å². The molecular weight excluding hydrogens is 629 g/mol. The van der Waals surface area contributed by atoms with E-state index in [1.54, 1.807) is 0 Å². The van der Waals surface area contributed by atoms with Gasteiger partial charge in [0.15, 0.2) is 0 Å². The number of aliphatic hydroxyl groups excluding tert-OH is 2. The number of hydrogen-bond donors (Lipinski definition) is 2. The van der Waals surface area contributed by atoms with Crippen LogP contribution in [0.2, 0.25) is 0 Å². The van der Waals surface area contributed by atoms with Crippen molar-refractivity contribution in [3.63, 3.8) is 0 Å². The second-order valence-electron chi connectivity index (χ2n) is 15.3. The molecule has 2 aliphatic rings. The van der Waals surface area contributed by atoms with Gasteiger partial charge in [-0.05, 0) is 119 Å². The lowest BCUT2D eigenvalue weighted by atomic mass is 9.76. The molecule has 0 heterocycles. The van der Waals surface area contributed by atoms with E-state index >= 15 is 0 Å². The van der Waals surface area contributed by atoms with Gasteiger partial charge in [0.1, 0.15) is 23.7 Å². The Morgan fingerprint density at radius 2 is 0.922 bits per heavy atom. The van der Waals surface area contributed by atoms with Gasteiger partial charge in [0.05, 0.1) is 12.2 Å². The van der Waals surface area contributed by atoms with E-state index in [-0.39, 0.29) is 29.8 Å². The van der Waals surface area contributed by atoms with Crippen LogP contribution in [0.25, 0.3) is 43.8 Å². The Labute approximate surface area is 301 Å². The average Bonchev–Trinajstić information content (AvgIpc) is 3.14. The topological polar surface area (TPSA) is 58.9 Å². The molecule has 2 saturated carbocycles. The predicted molar refractivity (Wildman–Crippen MR) is 209 cm³/mol. The molecule has 0 radical (unpaired) electrons. The van der Waals surface area contributed by atoms with E-state index in [0.717, 1.165) is 72.3 Å². The first-order valence-corrected chi connectivity index (χ1v) is 18.8. The molecule has 2 aliphatic carbocycles. The summed E-state index contributed by atoms with van der Waals surface area (Å²) < 4.78 is 13.4. The lowest BCUT2D eigenvalue weighted by Gasteiger charge is -2.31. The number of benzene rings is 6. The van der Waals surface area contributed by atoms with Crippen LogP contribution in [0.3, 0.4) is 0 Å². The Kier molecular flexibility index (Phi) is 9.31. The second kappa shape index (κ2) is 14.2. The third-order valence-corrected chi connectivity index (χ3v) is 11.3. The van der Waals surface area contributed by atoms with Crippen LogP contribution in [0.5, 0.6) is 11.5 Å². The number of hydrogen-bond acceptors (Lipinski definition) is 4. The second-order valence-corrected chi connectivity index (χ2v) is 15.3. The highest BCUT2D eigenvalue weighted by molar-refractivity contribution is 5.89. The fourth-order valence-electron chi connectivity index (χ4n) is 8.19. The summed E-state index contributed by atoms with van der Waals surface area (Å²) in [6.45, 7) is 4.59. The molecule has 0 spiro atoms. The highest BCUT2D eigenvalue weighted by Gasteiger charge is 2.29. The van der Waals surface area contributed by atoms with Crippen molar-refractivity contribution in [2.45, 2.75) is 95.0 Å². The fraction of sp³-hybridized carbons (Fsp3) is 0.319. The van der Waals surface area contributed by atoms with E-state index in [1.165, 1.54) is 32.7 Å². The molecule has 51 heavy (non-hydrogen) atoms. The van der Waals surface area contributed by atoms with Crippen molar-refractivity contribution in [1.82, 2.24) is 0 Å². The summed E-state index contributed by atoms with van der Waals surface area (Å²) in [6, 6.07) is 43.6. The van der Waals surface area contributed by atoms with Crippen molar-refractivity contribution in [2.75, 3.05) is 0 Å². The van der Waals surface area contributed by atoms with Crippen molar-refractivity contribution in [3.05, 3.63) is 132 Å². The monoisotopic (exact) mass is 676 g/mol. The molecule has 8 rings (SSSR count).